The first-order valence-corrected chi connectivity index (χ1v) is 8.75. The lowest BCUT2D eigenvalue weighted by atomic mass is 9.90. The van der Waals surface area contributed by atoms with Gasteiger partial charge in [-0.15, -0.1) is 0 Å². The summed E-state index contributed by atoms with van der Waals surface area (Å²) >= 11 is 5.87. The molecule has 5 nitrogen and oxygen atoms in total. The predicted octanol–water partition coefficient (Wildman–Crippen LogP) is 3.86. The minimum atomic E-state index is -0.877. The van der Waals surface area contributed by atoms with E-state index in [-0.39, 0.29) is 12.5 Å². The first-order valence-electron chi connectivity index (χ1n) is 8.37. The van der Waals surface area contributed by atoms with Crippen LogP contribution in [0.5, 0.6) is 5.75 Å². The van der Waals surface area contributed by atoms with Gasteiger partial charge in [0.2, 0.25) is 0 Å². The molecule has 1 aliphatic rings. The standard InChI is InChI=1S/C20H20ClNO4/c1-20(19(24)25)9-10-22(13-20)18(23)15-3-2-4-17(11-15)26-12-14-5-7-16(21)8-6-14/h2-8,11H,9-10,12-13H2,1H3,(H,24,25). The summed E-state index contributed by atoms with van der Waals surface area (Å²) in [6.07, 6.45) is 0.459. The molecule has 1 aliphatic heterocycles. The van der Waals surface area contributed by atoms with Crippen molar-refractivity contribution in [3.8, 4) is 5.75 Å². The highest BCUT2D eigenvalue weighted by Crippen LogP contribution is 2.31. The number of carbonyl (C=O) groups excluding carboxylic acids is 1. The first-order chi connectivity index (χ1) is 12.4. The maximum atomic E-state index is 12.7. The molecule has 0 aliphatic carbocycles. The monoisotopic (exact) mass is 373 g/mol. The maximum absolute atomic E-state index is 12.7. The van der Waals surface area contributed by atoms with E-state index in [0.717, 1.165) is 5.56 Å². The van der Waals surface area contributed by atoms with Crippen LogP contribution in [0, 0.1) is 5.41 Å². The molecule has 0 aromatic heterocycles. The van der Waals surface area contributed by atoms with Crippen LogP contribution in [-0.4, -0.2) is 35.0 Å². The Bertz CT molecular complexity index is 821. The molecule has 1 saturated heterocycles. The van der Waals surface area contributed by atoms with Crippen LogP contribution in [0.3, 0.4) is 0 Å². The molecule has 6 heteroatoms. The maximum Gasteiger partial charge on any atom is 0.311 e. The Morgan fingerprint density at radius 2 is 1.96 bits per heavy atom. The van der Waals surface area contributed by atoms with Crippen LogP contribution in [0.15, 0.2) is 48.5 Å². The van der Waals surface area contributed by atoms with Gasteiger partial charge in [0.05, 0.1) is 5.41 Å². The third-order valence-corrected chi connectivity index (χ3v) is 4.93. The van der Waals surface area contributed by atoms with Gasteiger partial charge in [0.15, 0.2) is 0 Å². The van der Waals surface area contributed by atoms with Crippen molar-refractivity contribution in [1.82, 2.24) is 4.90 Å². The van der Waals surface area contributed by atoms with Gasteiger partial charge in [-0.2, -0.15) is 0 Å². The second-order valence-electron chi connectivity index (χ2n) is 6.79. The summed E-state index contributed by atoms with van der Waals surface area (Å²) < 4.78 is 5.76. The number of amides is 1. The lowest BCUT2D eigenvalue weighted by Gasteiger charge is -2.20. The summed E-state index contributed by atoms with van der Waals surface area (Å²) in [6, 6.07) is 14.3. The van der Waals surface area contributed by atoms with Gasteiger partial charge in [0.25, 0.3) is 5.91 Å². The molecular formula is C20H20ClNO4. The van der Waals surface area contributed by atoms with E-state index in [1.807, 2.05) is 12.1 Å². The van der Waals surface area contributed by atoms with Crippen molar-refractivity contribution in [2.45, 2.75) is 20.0 Å². The Hall–Kier alpha value is -2.53. The third-order valence-electron chi connectivity index (χ3n) is 4.68. The molecular weight excluding hydrogens is 354 g/mol. The summed E-state index contributed by atoms with van der Waals surface area (Å²) in [5.74, 6) is -0.453. The normalized spacial score (nSPS) is 19.4. The summed E-state index contributed by atoms with van der Waals surface area (Å²) in [7, 11) is 0. The van der Waals surface area contributed by atoms with E-state index in [1.165, 1.54) is 0 Å². The average Bonchev–Trinajstić information content (AvgIpc) is 3.05. The van der Waals surface area contributed by atoms with E-state index >= 15 is 0 Å². The molecule has 0 saturated carbocycles. The number of hydrogen-bond donors (Lipinski definition) is 1. The van der Waals surface area contributed by atoms with Gasteiger partial charge < -0.3 is 14.7 Å². The SMILES string of the molecule is CC1(C(=O)O)CCN(C(=O)c2cccc(OCc3ccc(Cl)cc3)c2)C1. The molecule has 0 spiro atoms. The quantitative estimate of drug-likeness (QED) is 0.864. The van der Waals surface area contributed by atoms with Crippen LogP contribution in [0.4, 0.5) is 0 Å². The second kappa shape index (κ2) is 7.38. The van der Waals surface area contributed by atoms with Gasteiger partial charge in [0.1, 0.15) is 12.4 Å². The highest BCUT2D eigenvalue weighted by atomic mass is 35.5. The average molecular weight is 374 g/mol. The van der Waals surface area contributed by atoms with Gasteiger partial charge in [-0.3, -0.25) is 9.59 Å². The van der Waals surface area contributed by atoms with E-state index in [9.17, 15) is 14.7 Å². The van der Waals surface area contributed by atoms with Crippen molar-refractivity contribution >= 4 is 23.5 Å². The van der Waals surface area contributed by atoms with E-state index in [4.69, 9.17) is 16.3 Å². The highest BCUT2D eigenvalue weighted by molar-refractivity contribution is 6.30. The smallest absolute Gasteiger partial charge is 0.311 e. The molecule has 1 fully saturated rings. The molecule has 0 radical (unpaired) electrons. The zero-order valence-corrected chi connectivity index (χ0v) is 15.2. The van der Waals surface area contributed by atoms with Crippen molar-refractivity contribution < 1.29 is 19.4 Å². The Morgan fingerprint density at radius 3 is 2.62 bits per heavy atom. The fourth-order valence-electron chi connectivity index (χ4n) is 2.96. The van der Waals surface area contributed by atoms with Crippen LogP contribution < -0.4 is 4.74 Å². The minimum absolute atomic E-state index is 0.174. The van der Waals surface area contributed by atoms with Gasteiger partial charge in [-0.1, -0.05) is 29.8 Å². The summed E-state index contributed by atoms with van der Waals surface area (Å²) in [5, 5.41) is 9.98. The summed E-state index contributed by atoms with van der Waals surface area (Å²) in [4.78, 5) is 25.6. The molecule has 0 bridgehead atoms. The molecule has 1 amide bonds. The number of nitrogens with zero attached hydrogens (tertiary/aromatic N) is 1. The van der Waals surface area contributed by atoms with E-state index in [2.05, 4.69) is 0 Å². The van der Waals surface area contributed by atoms with Gasteiger partial charge in [-0.25, -0.2) is 0 Å². The van der Waals surface area contributed by atoms with Crippen molar-refractivity contribution in [2.75, 3.05) is 13.1 Å². The molecule has 136 valence electrons. The van der Waals surface area contributed by atoms with E-state index in [1.54, 1.807) is 48.2 Å². The molecule has 1 unspecified atom stereocenters. The van der Waals surface area contributed by atoms with Crippen LogP contribution in [0.1, 0.15) is 29.3 Å². The van der Waals surface area contributed by atoms with Crippen molar-refractivity contribution in [2.24, 2.45) is 5.41 Å². The van der Waals surface area contributed by atoms with Crippen LogP contribution in [0.2, 0.25) is 5.02 Å². The zero-order valence-electron chi connectivity index (χ0n) is 14.4. The number of carboxylic acids is 1. The Morgan fingerprint density at radius 1 is 1.23 bits per heavy atom. The molecule has 1 atom stereocenters. The predicted molar refractivity (Wildman–Crippen MR) is 98.5 cm³/mol. The lowest BCUT2D eigenvalue weighted by Crippen LogP contribution is -2.34. The highest BCUT2D eigenvalue weighted by Gasteiger charge is 2.42. The van der Waals surface area contributed by atoms with Crippen molar-refractivity contribution in [3.05, 3.63) is 64.7 Å². The molecule has 3 rings (SSSR count). The van der Waals surface area contributed by atoms with Crippen molar-refractivity contribution in [1.29, 1.82) is 0 Å². The Labute approximate surface area is 157 Å². The minimum Gasteiger partial charge on any atom is -0.489 e. The molecule has 1 heterocycles. The van der Waals surface area contributed by atoms with Gasteiger partial charge in [0, 0.05) is 23.7 Å². The van der Waals surface area contributed by atoms with E-state index in [0.29, 0.717) is 35.9 Å². The van der Waals surface area contributed by atoms with Gasteiger partial charge in [-0.05, 0) is 49.2 Å². The number of benzene rings is 2. The number of carbonyl (C=O) groups is 2. The number of likely N-dealkylation sites (tertiary alicyclic amines) is 1. The second-order valence-corrected chi connectivity index (χ2v) is 7.22. The molecule has 2 aromatic rings. The Balaban J connectivity index is 1.66. The summed E-state index contributed by atoms with van der Waals surface area (Å²) in [5.41, 5.74) is 0.592. The zero-order chi connectivity index (χ0) is 18.7. The molecule has 26 heavy (non-hydrogen) atoms. The number of aliphatic carboxylic acids is 1. The lowest BCUT2D eigenvalue weighted by molar-refractivity contribution is -0.147. The summed E-state index contributed by atoms with van der Waals surface area (Å²) in [6.45, 7) is 2.71. The number of ether oxygens (including phenoxy) is 1. The fourth-order valence-corrected chi connectivity index (χ4v) is 3.08. The van der Waals surface area contributed by atoms with Crippen LogP contribution in [-0.2, 0) is 11.4 Å². The number of halogens is 1. The third kappa shape index (κ3) is 3.99. The molecule has 1 N–H and O–H groups in total. The number of rotatable bonds is 5. The first kappa shape index (κ1) is 18.3. The Kier molecular flexibility index (Phi) is 5.18. The number of carboxylic acid groups (broad SMARTS) is 1. The molecule has 2 aromatic carbocycles. The van der Waals surface area contributed by atoms with Gasteiger partial charge >= 0.3 is 5.97 Å². The van der Waals surface area contributed by atoms with Crippen LogP contribution >= 0.6 is 11.6 Å². The van der Waals surface area contributed by atoms with Crippen LogP contribution in [0.25, 0.3) is 0 Å². The largest absolute Gasteiger partial charge is 0.489 e. The van der Waals surface area contributed by atoms with E-state index < -0.39 is 11.4 Å². The fraction of sp³-hybridized carbons (Fsp3) is 0.300. The topological polar surface area (TPSA) is 66.8 Å². The number of hydrogen-bond acceptors (Lipinski definition) is 3. The van der Waals surface area contributed by atoms with Crippen molar-refractivity contribution in [3.63, 3.8) is 0 Å².